The van der Waals surface area contributed by atoms with Crippen molar-refractivity contribution in [3.63, 3.8) is 0 Å². The second-order valence-corrected chi connectivity index (χ2v) is 12.1. The van der Waals surface area contributed by atoms with Crippen LogP contribution in [0.2, 0.25) is 0 Å². The van der Waals surface area contributed by atoms with Gasteiger partial charge in [0.25, 0.3) is 0 Å². The van der Waals surface area contributed by atoms with Gasteiger partial charge in [-0.25, -0.2) is 13.8 Å². The van der Waals surface area contributed by atoms with Gasteiger partial charge >= 0.3 is 6.01 Å². The molecule has 1 N–H and O–H groups in total. The molecule has 2 aromatic heterocycles. The number of fused-ring (bicyclic) bond motifs is 3. The predicted octanol–water partition coefficient (Wildman–Crippen LogP) is 5.31. The first-order valence-electron chi connectivity index (χ1n) is 15.5. The van der Waals surface area contributed by atoms with Crippen LogP contribution in [0.15, 0.2) is 30.3 Å². The number of nitrogens with one attached hydrogen (secondary N) is 1. The lowest BCUT2D eigenvalue weighted by molar-refractivity contribution is 0.0828. The molecule has 4 aromatic rings. The first-order valence-corrected chi connectivity index (χ1v) is 15.5. The van der Waals surface area contributed by atoms with Crippen molar-refractivity contribution >= 4 is 27.5 Å². The summed E-state index contributed by atoms with van der Waals surface area (Å²) >= 11 is 0. The highest BCUT2D eigenvalue weighted by Gasteiger charge is 2.39. The van der Waals surface area contributed by atoms with E-state index in [0.29, 0.717) is 47.3 Å². The summed E-state index contributed by atoms with van der Waals surface area (Å²) in [5.41, 5.74) is 0.357. The van der Waals surface area contributed by atoms with Gasteiger partial charge in [-0.2, -0.15) is 9.97 Å². The fourth-order valence-corrected chi connectivity index (χ4v) is 7.25. The topological polar surface area (TPSA) is 75.6 Å². The van der Waals surface area contributed by atoms with Gasteiger partial charge in [0.05, 0.1) is 17.7 Å². The van der Waals surface area contributed by atoms with Crippen LogP contribution < -0.4 is 19.7 Å². The summed E-state index contributed by atoms with van der Waals surface area (Å²) in [7, 11) is 2.13. The van der Waals surface area contributed by atoms with E-state index in [1.165, 1.54) is 6.07 Å². The van der Waals surface area contributed by atoms with Gasteiger partial charge in [-0.3, -0.25) is 4.90 Å². The molecule has 3 aliphatic heterocycles. The lowest BCUT2D eigenvalue weighted by Gasteiger charge is -2.39. The summed E-state index contributed by atoms with van der Waals surface area (Å²) in [6.45, 7) is 6.20. The maximum absolute atomic E-state index is 16.9. The standard InChI is InChI=1S/C34H36F2N6O2/c1-4-13-34(14-7-16-41(34)3)20-44-33-39-30-27-31(40-33)42-17-15-37-19-22(42)12-18-43-32(27)38-29(28(30)36)24-9-6-8-21-10-11-25(35)23(5-2)26(21)24/h2,6,8-11,22,37H,4,7,12-20H2,1,3H3. The Kier molecular flexibility index (Phi) is 7.47. The molecule has 2 aromatic carbocycles. The number of anilines is 1. The molecule has 0 saturated carbocycles. The van der Waals surface area contributed by atoms with E-state index in [-0.39, 0.29) is 40.2 Å². The Morgan fingerprint density at radius 1 is 1.16 bits per heavy atom. The zero-order chi connectivity index (χ0) is 30.4. The van der Waals surface area contributed by atoms with Crippen molar-refractivity contribution in [1.82, 2.24) is 25.2 Å². The second kappa shape index (κ2) is 11.5. The number of hydrogen-bond acceptors (Lipinski definition) is 8. The monoisotopic (exact) mass is 598 g/mol. The van der Waals surface area contributed by atoms with Gasteiger partial charge in [0, 0.05) is 43.0 Å². The van der Waals surface area contributed by atoms with Crippen molar-refractivity contribution in [2.75, 3.05) is 51.3 Å². The fourth-order valence-electron chi connectivity index (χ4n) is 7.25. The van der Waals surface area contributed by atoms with Crippen molar-refractivity contribution in [1.29, 1.82) is 0 Å². The summed E-state index contributed by atoms with van der Waals surface area (Å²) in [5, 5.41) is 4.96. The molecule has 2 saturated heterocycles. The van der Waals surface area contributed by atoms with Crippen molar-refractivity contribution in [2.24, 2.45) is 0 Å². The molecule has 228 valence electrons. The average molecular weight is 599 g/mol. The highest BCUT2D eigenvalue weighted by molar-refractivity contribution is 6.03. The number of nitrogens with zero attached hydrogens (tertiary/aromatic N) is 5. The summed E-state index contributed by atoms with van der Waals surface area (Å²) in [6, 6.07) is 8.48. The Bertz CT molecular complexity index is 1790. The number of likely N-dealkylation sites (N-methyl/N-ethyl adjacent to an activating group) is 1. The molecule has 10 heteroatoms. The minimum Gasteiger partial charge on any atom is -0.477 e. The number of piperazine rings is 1. The van der Waals surface area contributed by atoms with E-state index < -0.39 is 11.6 Å². The zero-order valence-electron chi connectivity index (χ0n) is 25.1. The van der Waals surface area contributed by atoms with Crippen molar-refractivity contribution in [3.05, 3.63) is 47.5 Å². The highest BCUT2D eigenvalue weighted by atomic mass is 19.1. The van der Waals surface area contributed by atoms with Gasteiger partial charge in [0.15, 0.2) is 5.82 Å². The number of aromatic nitrogens is 3. The summed E-state index contributed by atoms with van der Waals surface area (Å²) in [5.74, 6) is 2.04. The minimum absolute atomic E-state index is 0.00814. The first-order chi connectivity index (χ1) is 21.4. The molecule has 2 unspecified atom stereocenters. The van der Waals surface area contributed by atoms with E-state index in [1.54, 1.807) is 18.2 Å². The van der Waals surface area contributed by atoms with Gasteiger partial charge in [-0.1, -0.05) is 43.5 Å². The van der Waals surface area contributed by atoms with Gasteiger partial charge in [0.2, 0.25) is 5.88 Å². The maximum atomic E-state index is 16.9. The molecule has 0 bridgehead atoms. The number of likely N-dealkylation sites (tertiary alicyclic amines) is 1. The molecule has 7 rings (SSSR count). The Balaban J connectivity index is 1.44. The second-order valence-electron chi connectivity index (χ2n) is 12.1. The summed E-state index contributed by atoms with van der Waals surface area (Å²) in [4.78, 5) is 18.9. The molecule has 2 fully saturated rings. The largest absolute Gasteiger partial charge is 0.477 e. The van der Waals surface area contributed by atoms with Crippen LogP contribution in [0.4, 0.5) is 14.6 Å². The Morgan fingerprint density at radius 3 is 2.84 bits per heavy atom. The molecule has 0 radical (unpaired) electrons. The van der Waals surface area contributed by atoms with Crippen LogP contribution in [-0.4, -0.2) is 77.9 Å². The third-order valence-corrected chi connectivity index (χ3v) is 9.55. The maximum Gasteiger partial charge on any atom is 0.319 e. The van der Waals surface area contributed by atoms with E-state index in [0.717, 1.165) is 51.7 Å². The van der Waals surface area contributed by atoms with Gasteiger partial charge in [-0.15, -0.1) is 6.42 Å². The fraction of sp³-hybridized carbons (Fsp3) is 0.441. The lowest BCUT2D eigenvalue weighted by atomic mass is 9.92. The quantitative estimate of drug-likeness (QED) is 0.300. The number of rotatable bonds is 6. The third-order valence-electron chi connectivity index (χ3n) is 9.55. The SMILES string of the molecule is C#Cc1c(F)ccc2cccc(-c3nc4c5c(nc(OCC6(CCC)CCCN6C)nc5c3F)N3CCNCC3CCO4)c12. The molecule has 2 atom stereocenters. The number of pyridine rings is 1. The molecule has 8 nitrogen and oxygen atoms in total. The zero-order valence-corrected chi connectivity index (χ0v) is 25.1. The molecule has 0 spiro atoms. The molecule has 3 aliphatic rings. The van der Waals surface area contributed by atoms with Crippen LogP contribution in [0.25, 0.3) is 32.9 Å². The van der Waals surface area contributed by atoms with E-state index in [1.807, 2.05) is 6.07 Å². The average Bonchev–Trinajstić information content (AvgIpc) is 3.39. The molecule has 44 heavy (non-hydrogen) atoms. The number of ether oxygens (including phenoxy) is 2. The van der Waals surface area contributed by atoms with Crippen LogP contribution in [0, 0.1) is 24.0 Å². The lowest BCUT2D eigenvalue weighted by Crippen LogP contribution is -2.52. The smallest absolute Gasteiger partial charge is 0.319 e. The Hall–Kier alpha value is -4.07. The predicted molar refractivity (Wildman–Crippen MR) is 167 cm³/mol. The normalized spacial score (nSPS) is 21.9. The van der Waals surface area contributed by atoms with Crippen LogP contribution in [-0.2, 0) is 0 Å². The van der Waals surface area contributed by atoms with Crippen LogP contribution in [0.5, 0.6) is 11.9 Å². The third kappa shape index (κ3) is 4.70. The first kappa shape index (κ1) is 28.7. The van der Waals surface area contributed by atoms with Crippen LogP contribution in [0.1, 0.15) is 44.6 Å². The van der Waals surface area contributed by atoms with Crippen LogP contribution in [0.3, 0.4) is 0 Å². The molecular weight excluding hydrogens is 562 g/mol. The minimum atomic E-state index is -0.658. The van der Waals surface area contributed by atoms with E-state index in [2.05, 4.69) is 40.0 Å². The van der Waals surface area contributed by atoms with Gasteiger partial charge in [0.1, 0.15) is 34.8 Å². The molecule has 0 aliphatic carbocycles. The Labute approximate surface area is 255 Å². The molecule has 0 amide bonds. The van der Waals surface area contributed by atoms with Crippen LogP contribution >= 0.6 is 0 Å². The van der Waals surface area contributed by atoms with E-state index in [9.17, 15) is 4.39 Å². The van der Waals surface area contributed by atoms with Gasteiger partial charge in [-0.05, 0) is 44.3 Å². The number of halogens is 2. The van der Waals surface area contributed by atoms with Crippen molar-refractivity contribution in [2.45, 2.75) is 50.6 Å². The Morgan fingerprint density at radius 2 is 2.05 bits per heavy atom. The molecular formula is C34H36F2N6O2. The van der Waals surface area contributed by atoms with Crippen molar-refractivity contribution < 1.29 is 18.3 Å². The number of hydrogen-bond donors (Lipinski definition) is 1. The summed E-state index contributed by atoms with van der Waals surface area (Å²) < 4.78 is 44.4. The summed E-state index contributed by atoms with van der Waals surface area (Å²) in [6.07, 6.45) is 10.6. The number of benzene rings is 2. The molecule has 5 heterocycles. The van der Waals surface area contributed by atoms with Gasteiger partial charge < -0.3 is 19.7 Å². The van der Waals surface area contributed by atoms with E-state index in [4.69, 9.17) is 25.9 Å². The highest BCUT2D eigenvalue weighted by Crippen LogP contribution is 2.42. The van der Waals surface area contributed by atoms with E-state index >= 15 is 4.39 Å². The van der Waals surface area contributed by atoms with Crippen molar-refractivity contribution in [3.8, 4) is 35.5 Å². The number of terminal acetylenes is 1.